The Bertz CT molecular complexity index is 1040. The zero-order valence-corrected chi connectivity index (χ0v) is 18.0. The highest BCUT2D eigenvalue weighted by Gasteiger charge is 2.17. The fourth-order valence-corrected chi connectivity index (χ4v) is 3.54. The van der Waals surface area contributed by atoms with Crippen molar-refractivity contribution in [1.82, 2.24) is 4.98 Å². The lowest BCUT2D eigenvalue weighted by Gasteiger charge is -2.18. The van der Waals surface area contributed by atoms with Crippen LogP contribution in [0.25, 0.3) is 21.3 Å². The number of aromatic nitrogens is 1. The van der Waals surface area contributed by atoms with Gasteiger partial charge in [-0.2, -0.15) is 0 Å². The summed E-state index contributed by atoms with van der Waals surface area (Å²) in [6, 6.07) is 16.3. The molecule has 158 valence electrons. The molecule has 8 heteroatoms. The van der Waals surface area contributed by atoms with Gasteiger partial charge in [0.05, 0.1) is 16.6 Å². The summed E-state index contributed by atoms with van der Waals surface area (Å²) in [5, 5.41) is 0.771. The van der Waals surface area contributed by atoms with Crippen LogP contribution >= 0.6 is 11.3 Å². The third-order valence-corrected chi connectivity index (χ3v) is 4.62. The maximum absolute atomic E-state index is 10.9. The average Bonchev–Trinajstić information content (AvgIpc) is 3.01. The van der Waals surface area contributed by atoms with Gasteiger partial charge in [-0.3, -0.25) is 14.4 Å². The van der Waals surface area contributed by atoms with E-state index < -0.39 is 17.5 Å². The summed E-state index contributed by atoms with van der Waals surface area (Å²) in [7, 11) is 0. The Hall–Kier alpha value is -3.26. The van der Waals surface area contributed by atoms with Gasteiger partial charge in [-0.25, -0.2) is 4.98 Å². The number of nitrogens with two attached hydrogens (primary N) is 2. The molecule has 3 rings (SSSR count). The van der Waals surface area contributed by atoms with Gasteiger partial charge in [-0.1, -0.05) is 36.4 Å². The Labute approximate surface area is 179 Å². The monoisotopic (exact) mass is 427 g/mol. The first kappa shape index (κ1) is 23.0. The number of nitrogens with zero attached hydrogens (tertiary/aromatic N) is 1. The number of esters is 1. The van der Waals surface area contributed by atoms with E-state index >= 15 is 0 Å². The molecule has 0 spiro atoms. The maximum atomic E-state index is 10.9. The highest BCUT2D eigenvalue weighted by molar-refractivity contribution is 7.18. The molecule has 0 bridgehead atoms. The second-order valence-electron chi connectivity index (χ2n) is 7.53. The first-order valence-electron chi connectivity index (χ1n) is 9.27. The topological polar surface area (TPSA) is 125 Å². The van der Waals surface area contributed by atoms with E-state index in [1.807, 2.05) is 30.3 Å². The van der Waals surface area contributed by atoms with Crippen LogP contribution in [0.3, 0.4) is 0 Å². The van der Waals surface area contributed by atoms with Crippen LogP contribution in [0.2, 0.25) is 0 Å². The van der Waals surface area contributed by atoms with Crippen molar-refractivity contribution < 1.29 is 19.1 Å². The van der Waals surface area contributed by atoms with Crippen LogP contribution in [0.1, 0.15) is 32.2 Å². The minimum Gasteiger partial charge on any atom is -0.460 e. The quantitative estimate of drug-likeness (QED) is 0.478. The van der Waals surface area contributed by atoms with Crippen LogP contribution in [-0.4, -0.2) is 28.4 Å². The van der Waals surface area contributed by atoms with Crippen molar-refractivity contribution in [3.63, 3.8) is 0 Å². The fourth-order valence-electron chi connectivity index (χ4n) is 2.53. The molecule has 3 aromatic rings. The van der Waals surface area contributed by atoms with Gasteiger partial charge in [0.25, 0.3) is 0 Å². The Kier molecular flexibility index (Phi) is 7.66. The van der Waals surface area contributed by atoms with E-state index in [-0.39, 0.29) is 18.7 Å². The minimum atomic E-state index is -0.667. The van der Waals surface area contributed by atoms with Crippen LogP contribution in [-0.2, 0) is 25.5 Å². The summed E-state index contributed by atoms with van der Waals surface area (Å²) in [6.45, 7) is 5.18. The number of fused-ring (bicyclic) bond motifs is 1. The van der Waals surface area contributed by atoms with Gasteiger partial charge >= 0.3 is 5.97 Å². The van der Waals surface area contributed by atoms with E-state index in [4.69, 9.17) is 16.2 Å². The van der Waals surface area contributed by atoms with Gasteiger partial charge in [0.15, 0.2) is 0 Å². The summed E-state index contributed by atoms with van der Waals surface area (Å²) in [5.74, 6) is -1.59. The molecule has 0 aliphatic rings. The second kappa shape index (κ2) is 9.98. The fraction of sp³-hybridized carbons (Fsp3) is 0.273. The van der Waals surface area contributed by atoms with E-state index in [1.54, 1.807) is 20.8 Å². The van der Waals surface area contributed by atoms with Gasteiger partial charge in [-0.05, 0) is 44.0 Å². The average molecular weight is 428 g/mol. The van der Waals surface area contributed by atoms with Crippen LogP contribution < -0.4 is 11.5 Å². The number of hydrogen-bond acceptors (Lipinski definition) is 6. The molecule has 0 aliphatic heterocycles. The molecule has 1 heterocycles. The number of amides is 2. The minimum absolute atomic E-state index is 0.208. The summed E-state index contributed by atoms with van der Waals surface area (Å²) >= 11 is 1.52. The zero-order valence-electron chi connectivity index (χ0n) is 17.2. The highest BCUT2D eigenvalue weighted by Crippen LogP contribution is 2.28. The maximum Gasteiger partial charge on any atom is 0.315 e. The van der Waals surface area contributed by atoms with Gasteiger partial charge in [0.2, 0.25) is 11.8 Å². The number of primary amides is 2. The Balaban J connectivity index is 0.000000252. The summed E-state index contributed by atoms with van der Waals surface area (Å²) in [5.41, 5.74) is 12.7. The molecule has 4 N–H and O–H groups in total. The first-order valence-corrected chi connectivity index (χ1v) is 10.1. The van der Waals surface area contributed by atoms with Crippen LogP contribution in [0.15, 0.2) is 48.5 Å². The van der Waals surface area contributed by atoms with Crippen molar-refractivity contribution in [3.8, 4) is 11.1 Å². The third kappa shape index (κ3) is 7.63. The zero-order chi connectivity index (χ0) is 22.3. The molecule has 7 nitrogen and oxygen atoms in total. The van der Waals surface area contributed by atoms with E-state index in [9.17, 15) is 14.4 Å². The smallest absolute Gasteiger partial charge is 0.315 e. The lowest BCUT2D eigenvalue weighted by Crippen LogP contribution is -2.27. The molecular formula is C22H25N3O4S. The lowest BCUT2D eigenvalue weighted by atomic mass is 10.1. The Morgan fingerprint density at radius 1 is 0.967 bits per heavy atom. The van der Waals surface area contributed by atoms with Gasteiger partial charge in [0.1, 0.15) is 17.0 Å². The summed E-state index contributed by atoms with van der Waals surface area (Å²) in [4.78, 5) is 36.3. The SMILES string of the molecule is CC(C)(C)OC(=O)CC(N)=O.NC(=O)Cc1nc2ccc(-c3ccccc3)cc2s1. The van der Waals surface area contributed by atoms with E-state index in [2.05, 4.69) is 23.2 Å². The number of carbonyl (C=O) groups is 3. The number of benzene rings is 2. The molecule has 0 atom stereocenters. The van der Waals surface area contributed by atoms with Crippen LogP contribution in [0.4, 0.5) is 0 Å². The molecule has 0 saturated carbocycles. The summed E-state index contributed by atoms with van der Waals surface area (Å²) < 4.78 is 5.89. The molecule has 2 aromatic carbocycles. The van der Waals surface area contributed by atoms with Gasteiger partial charge in [-0.15, -0.1) is 11.3 Å². The van der Waals surface area contributed by atoms with E-state index in [1.165, 1.54) is 16.9 Å². The predicted molar refractivity (Wildman–Crippen MR) is 118 cm³/mol. The predicted octanol–water partition coefficient (Wildman–Crippen LogP) is 3.19. The van der Waals surface area contributed by atoms with Crippen molar-refractivity contribution in [2.75, 3.05) is 0 Å². The van der Waals surface area contributed by atoms with E-state index in [0.29, 0.717) is 0 Å². The molecule has 0 fully saturated rings. The Morgan fingerprint density at radius 3 is 2.20 bits per heavy atom. The molecule has 30 heavy (non-hydrogen) atoms. The number of carbonyl (C=O) groups excluding carboxylic acids is 3. The Morgan fingerprint density at radius 2 is 1.63 bits per heavy atom. The number of rotatable bonds is 5. The first-order chi connectivity index (χ1) is 14.0. The number of ether oxygens (including phenoxy) is 1. The highest BCUT2D eigenvalue weighted by atomic mass is 32.1. The van der Waals surface area contributed by atoms with Crippen molar-refractivity contribution >= 4 is 39.3 Å². The van der Waals surface area contributed by atoms with Crippen LogP contribution in [0, 0.1) is 0 Å². The molecule has 0 radical (unpaired) electrons. The largest absolute Gasteiger partial charge is 0.460 e. The number of thiazole rings is 1. The number of hydrogen-bond donors (Lipinski definition) is 2. The van der Waals surface area contributed by atoms with E-state index in [0.717, 1.165) is 20.8 Å². The third-order valence-electron chi connectivity index (χ3n) is 3.60. The molecule has 0 aliphatic carbocycles. The second-order valence-corrected chi connectivity index (χ2v) is 8.64. The van der Waals surface area contributed by atoms with Gasteiger partial charge in [0, 0.05) is 0 Å². The normalized spacial score (nSPS) is 10.8. The molecule has 2 amide bonds. The van der Waals surface area contributed by atoms with Crippen molar-refractivity contribution in [2.45, 2.75) is 39.2 Å². The molecule has 0 saturated heterocycles. The molecule has 1 aromatic heterocycles. The van der Waals surface area contributed by atoms with Crippen molar-refractivity contribution in [2.24, 2.45) is 11.5 Å². The standard InChI is InChI=1S/C15H12N2OS.C7H13NO3/c16-14(18)9-15-17-12-7-6-11(8-13(12)19-15)10-4-2-1-3-5-10;1-7(2,3)11-6(10)4-5(8)9/h1-8H,9H2,(H2,16,18);4H2,1-3H3,(H2,8,9). The van der Waals surface area contributed by atoms with Crippen molar-refractivity contribution in [1.29, 1.82) is 0 Å². The molecular weight excluding hydrogens is 402 g/mol. The molecule has 0 unspecified atom stereocenters. The lowest BCUT2D eigenvalue weighted by molar-refractivity contribution is -0.156. The van der Waals surface area contributed by atoms with Crippen LogP contribution in [0.5, 0.6) is 0 Å². The summed E-state index contributed by atoms with van der Waals surface area (Å²) in [6.07, 6.45) is -0.142. The van der Waals surface area contributed by atoms with Gasteiger partial charge < -0.3 is 16.2 Å². The van der Waals surface area contributed by atoms with Crippen molar-refractivity contribution in [3.05, 3.63) is 53.5 Å².